The summed E-state index contributed by atoms with van der Waals surface area (Å²) in [5.41, 5.74) is 4.03. The molecule has 3 rings (SSSR count). The first kappa shape index (κ1) is 16.2. The molecule has 0 fully saturated rings. The van der Waals surface area contributed by atoms with Gasteiger partial charge in [0.25, 0.3) is 5.89 Å². The van der Waals surface area contributed by atoms with Gasteiger partial charge >= 0.3 is 0 Å². The molecule has 0 atom stereocenters. The molecule has 3 aromatic rings. The van der Waals surface area contributed by atoms with Gasteiger partial charge in [0, 0.05) is 13.2 Å². The molecule has 0 radical (unpaired) electrons. The van der Waals surface area contributed by atoms with Gasteiger partial charge in [-0.1, -0.05) is 37.2 Å². The molecule has 0 bridgehead atoms. The van der Waals surface area contributed by atoms with Gasteiger partial charge in [0.05, 0.1) is 11.3 Å². The van der Waals surface area contributed by atoms with E-state index in [-0.39, 0.29) is 12.5 Å². The number of nitrogens with zero attached hydrogens (tertiary/aromatic N) is 4. The van der Waals surface area contributed by atoms with Crippen molar-refractivity contribution < 1.29 is 9.26 Å². The van der Waals surface area contributed by atoms with Crippen molar-refractivity contribution in [1.29, 1.82) is 0 Å². The van der Waals surface area contributed by atoms with Crippen molar-refractivity contribution in [2.45, 2.75) is 40.2 Å². The Balaban J connectivity index is 1.79. The van der Waals surface area contributed by atoms with E-state index in [1.54, 1.807) is 4.68 Å². The van der Waals surface area contributed by atoms with E-state index >= 15 is 0 Å². The average molecular weight is 326 g/mol. The van der Waals surface area contributed by atoms with Crippen LogP contribution in [0.25, 0.3) is 11.4 Å². The van der Waals surface area contributed by atoms with Crippen LogP contribution in [0, 0.1) is 13.8 Å². The number of benzene rings is 1. The van der Waals surface area contributed by atoms with Crippen LogP contribution in [0.4, 0.5) is 0 Å². The highest BCUT2D eigenvalue weighted by atomic mass is 16.5. The van der Waals surface area contributed by atoms with Crippen molar-refractivity contribution >= 4 is 0 Å². The normalized spacial score (nSPS) is 11.2. The molecule has 6 heteroatoms. The van der Waals surface area contributed by atoms with Gasteiger partial charge in [0.1, 0.15) is 5.75 Å². The summed E-state index contributed by atoms with van der Waals surface area (Å²) >= 11 is 0. The summed E-state index contributed by atoms with van der Waals surface area (Å²) in [4.78, 5) is 4.46. The summed E-state index contributed by atoms with van der Waals surface area (Å²) in [6.45, 7) is 8.47. The summed E-state index contributed by atoms with van der Waals surface area (Å²) in [5, 5.41) is 8.56. The van der Waals surface area contributed by atoms with Crippen molar-refractivity contribution in [3.63, 3.8) is 0 Å². The van der Waals surface area contributed by atoms with Gasteiger partial charge in [-0.3, -0.25) is 4.68 Å². The maximum absolute atomic E-state index is 5.87. The molecule has 2 aromatic heterocycles. The molecule has 24 heavy (non-hydrogen) atoms. The standard InChI is InChI=1S/C18H22N4O2/c1-11(2)16-14(9-22(5)20-16)18-19-15(24-21-18)10-23-17-12(3)7-6-8-13(17)4/h6-9,11H,10H2,1-5H3. The Kier molecular flexibility index (Phi) is 4.38. The quantitative estimate of drug-likeness (QED) is 0.713. The lowest BCUT2D eigenvalue weighted by Crippen LogP contribution is -1.99. The number of rotatable bonds is 5. The van der Waals surface area contributed by atoms with Crippen LogP contribution in [0.15, 0.2) is 28.9 Å². The maximum Gasteiger partial charge on any atom is 0.264 e. The fourth-order valence-electron chi connectivity index (χ4n) is 2.69. The third-order valence-corrected chi connectivity index (χ3v) is 3.86. The third-order valence-electron chi connectivity index (χ3n) is 3.86. The van der Waals surface area contributed by atoms with E-state index in [1.165, 1.54) is 0 Å². The lowest BCUT2D eigenvalue weighted by molar-refractivity contribution is 0.240. The van der Waals surface area contributed by atoms with Crippen LogP contribution in [-0.2, 0) is 13.7 Å². The molecule has 0 aliphatic rings. The minimum atomic E-state index is 0.246. The van der Waals surface area contributed by atoms with E-state index in [1.807, 2.05) is 45.3 Å². The average Bonchev–Trinajstić information content (AvgIpc) is 3.13. The van der Waals surface area contributed by atoms with Crippen LogP contribution >= 0.6 is 0 Å². The fraction of sp³-hybridized carbons (Fsp3) is 0.389. The highest BCUT2D eigenvalue weighted by Gasteiger charge is 2.18. The van der Waals surface area contributed by atoms with E-state index in [0.717, 1.165) is 28.1 Å². The Morgan fingerprint density at radius 3 is 2.58 bits per heavy atom. The van der Waals surface area contributed by atoms with E-state index in [0.29, 0.717) is 11.7 Å². The summed E-state index contributed by atoms with van der Waals surface area (Å²) < 4.78 is 13.0. The van der Waals surface area contributed by atoms with Crippen molar-refractivity contribution in [3.05, 3.63) is 47.1 Å². The van der Waals surface area contributed by atoms with E-state index in [4.69, 9.17) is 9.26 Å². The Hall–Kier alpha value is -2.63. The van der Waals surface area contributed by atoms with Crippen LogP contribution in [0.2, 0.25) is 0 Å². The number of hydrogen-bond acceptors (Lipinski definition) is 5. The van der Waals surface area contributed by atoms with Gasteiger partial charge in [-0.15, -0.1) is 0 Å². The zero-order valence-electron chi connectivity index (χ0n) is 14.7. The van der Waals surface area contributed by atoms with E-state index in [2.05, 4.69) is 29.1 Å². The first-order valence-electron chi connectivity index (χ1n) is 8.01. The molecular formula is C18H22N4O2. The molecule has 0 aliphatic carbocycles. The van der Waals surface area contributed by atoms with Gasteiger partial charge in [-0.25, -0.2) is 0 Å². The highest BCUT2D eigenvalue weighted by molar-refractivity contribution is 5.57. The van der Waals surface area contributed by atoms with Crippen LogP contribution < -0.4 is 4.74 Å². The van der Waals surface area contributed by atoms with Gasteiger partial charge in [0.2, 0.25) is 5.82 Å². The number of ether oxygens (including phenoxy) is 1. The number of hydrogen-bond donors (Lipinski definition) is 0. The smallest absolute Gasteiger partial charge is 0.264 e. The summed E-state index contributed by atoms with van der Waals surface area (Å²) in [6, 6.07) is 6.05. The predicted octanol–water partition coefficient (Wildman–Crippen LogP) is 3.79. The molecule has 0 unspecified atom stereocenters. The number of para-hydroxylation sites is 1. The van der Waals surface area contributed by atoms with Crippen LogP contribution in [-0.4, -0.2) is 19.9 Å². The molecule has 0 amide bonds. The minimum absolute atomic E-state index is 0.246. The molecule has 126 valence electrons. The summed E-state index contributed by atoms with van der Waals surface area (Å²) in [7, 11) is 1.89. The lowest BCUT2D eigenvalue weighted by Gasteiger charge is -2.09. The van der Waals surface area contributed by atoms with Gasteiger partial charge in [-0.05, 0) is 30.9 Å². The lowest BCUT2D eigenvalue weighted by atomic mass is 10.1. The fourth-order valence-corrected chi connectivity index (χ4v) is 2.69. The molecule has 1 aromatic carbocycles. The van der Waals surface area contributed by atoms with Crippen molar-refractivity contribution in [3.8, 4) is 17.1 Å². The van der Waals surface area contributed by atoms with Crippen molar-refractivity contribution in [1.82, 2.24) is 19.9 Å². The highest BCUT2D eigenvalue weighted by Crippen LogP contribution is 2.27. The molecular weight excluding hydrogens is 304 g/mol. The third kappa shape index (κ3) is 3.18. The van der Waals surface area contributed by atoms with Crippen LogP contribution in [0.5, 0.6) is 5.75 Å². The second kappa shape index (κ2) is 6.47. The molecule has 0 saturated heterocycles. The Labute approximate surface area is 141 Å². The molecule has 0 aliphatic heterocycles. The van der Waals surface area contributed by atoms with Crippen LogP contribution in [0.1, 0.15) is 42.5 Å². The molecule has 2 heterocycles. The zero-order valence-corrected chi connectivity index (χ0v) is 14.7. The predicted molar refractivity (Wildman–Crippen MR) is 90.8 cm³/mol. The molecule has 6 nitrogen and oxygen atoms in total. The van der Waals surface area contributed by atoms with E-state index in [9.17, 15) is 0 Å². The zero-order chi connectivity index (χ0) is 17.3. The second-order valence-corrected chi connectivity index (χ2v) is 6.28. The topological polar surface area (TPSA) is 66.0 Å². The largest absolute Gasteiger partial charge is 0.483 e. The van der Waals surface area contributed by atoms with Crippen molar-refractivity contribution in [2.24, 2.45) is 7.05 Å². The molecule has 0 N–H and O–H groups in total. The minimum Gasteiger partial charge on any atom is -0.483 e. The first-order chi connectivity index (χ1) is 11.5. The van der Waals surface area contributed by atoms with Crippen LogP contribution in [0.3, 0.4) is 0 Å². The van der Waals surface area contributed by atoms with Gasteiger partial charge in [-0.2, -0.15) is 10.1 Å². The maximum atomic E-state index is 5.87. The Bertz CT molecular complexity index is 828. The summed E-state index contributed by atoms with van der Waals surface area (Å²) in [5.74, 6) is 2.15. The SMILES string of the molecule is Cc1cccc(C)c1OCc1nc(-c2cn(C)nc2C(C)C)no1. The van der Waals surface area contributed by atoms with Gasteiger partial charge < -0.3 is 9.26 Å². The Morgan fingerprint density at radius 1 is 1.21 bits per heavy atom. The Morgan fingerprint density at radius 2 is 1.92 bits per heavy atom. The first-order valence-corrected chi connectivity index (χ1v) is 8.01. The van der Waals surface area contributed by atoms with Gasteiger partial charge in [0.15, 0.2) is 6.61 Å². The molecule has 0 spiro atoms. The molecule has 0 saturated carbocycles. The number of aryl methyl sites for hydroxylation is 3. The summed E-state index contributed by atoms with van der Waals surface area (Å²) in [6.07, 6.45) is 1.91. The monoisotopic (exact) mass is 326 g/mol. The van der Waals surface area contributed by atoms with Crippen molar-refractivity contribution in [2.75, 3.05) is 0 Å². The van der Waals surface area contributed by atoms with E-state index < -0.39 is 0 Å². The number of aromatic nitrogens is 4. The second-order valence-electron chi connectivity index (χ2n) is 6.28.